The molecule has 3 rings (SSSR count). The van der Waals surface area contributed by atoms with E-state index in [9.17, 15) is 8.42 Å². The second kappa shape index (κ2) is 6.92. The fourth-order valence-corrected chi connectivity index (χ4v) is 4.60. The second-order valence-corrected chi connectivity index (χ2v) is 8.44. The molecule has 1 aliphatic rings. The van der Waals surface area contributed by atoms with Gasteiger partial charge in [0.2, 0.25) is 10.0 Å². The number of aryl methyl sites for hydroxylation is 1. The quantitative estimate of drug-likeness (QED) is 0.850. The predicted molar refractivity (Wildman–Crippen MR) is 94.1 cm³/mol. The lowest BCUT2D eigenvalue weighted by Crippen LogP contribution is -2.37. The van der Waals surface area contributed by atoms with Gasteiger partial charge in [-0.2, -0.15) is 0 Å². The van der Waals surface area contributed by atoms with E-state index in [1.54, 1.807) is 25.1 Å². The van der Waals surface area contributed by atoms with Crippen LogP contribution >= 0.6 is 23.2 Å². The summed E-state index contributed by atoms with van der Waals surface area (Å²) in [6.45, 7) is 3.02. The first-order valence-electron chi connectivity index (χ1n) is 7.44. The van der Waals surface area contributed by atoms with Crippen LogP contribution in [-0.2, 0) is 15.8 Å². The van der Waals surface area contributed by atoms with Crippen LogP contribution in [0.1, 0.15) is 17.9 Å². The van der Waals surface area contributed by atoms with Gasteiger partial charge in [0.25, 0.3) is 0 Å². The maximum atomic E-state index is 12.3. The van der Waals surface area contributed by atoms with Gasteiger partial charge in [0.05, 0.1) is 16.4 Å². The van der Waals surface area contributed by atoms with Crippen molar-refractivity contribution < 1.29 is 12.9 Å². The zero-order chi connectivity index (χ0) is 17.3. The van der Waals surface area contributed by atoms with Gasteiger partial charge >= 0.3 is 0 Å². The molecule has 1 atom stereocenters. The van der Waals surface area contributed by atoms with Gasteiger partial charge in [-0.15, -0.1) is 0 Å². The van der Waals surface area contributed by atoms with Gasteiger partial charge in [-0.3, -0.25) is 0 Å². The van der Waals surface area contributed by atoms with E-state index < -0.39 is 10.0 Å². The smallest absolute Gasteiger partial charge is 0.219 e. The fourth-order valence-electron chi connectivity index (χ4n) is 2.78. The van der Waals surface area contributed by atoms with Crippen molar-refractivity contribution in [3.8, 4) is 0 Å². The number of hydrogen-bond donors (Lipinski definition) is 1. The average Bonchev–Trinajstić information content (AvgIpc) is 3.07. The molecular formula is C15H17Cl2N3O3S. The van der Waals surface area contributed by atoms with Gasteiger partial charge in [0.1, 0.15) is 5.75 Å². The van der Waals surface area contributed by atoms with Crippen molar-refractivity contribution in [2.24, 2.45) is 0 Å². The van der Waals surface area contributed by atoms with Gasteiger partial charge in [-0.1, -0.05) is 28.4 Å². The zero-order valence-corrected chi connectivity index (χ0v) is 15.3. The molecule has 0 bridgehead atoms. The Bertz CT molecular complexity index is 838. The van der Waals surface area contributed by atoms with Crippen molar-refractivity contribution in [2.45, 2.75) is 25.1 Å². The number of rotatable bonds is 5. The molecule has 0 unspecified atom stereocenters. The molecule has 1 fully saturated rings. The van der Waals surface area contributed by atoms with Crippen LogP contribution in [-0.4, -0.2) is 32.7 Å². The van der Waals surface area contributed by atoms with Crippen LogP contribution in [0.25, 0.3) is 0 Å². The lowest BCUT2D eigenvalue weighted by molar-refractivity contribution is 0.388. The standard InChI is InChI=1S/C15H17Cl2N3O3S/c1-10-6-13(23-18-10)9-24(21,22)19-12-4-5-20(8-12)15-3-2-11(16)7-14(15)17/h2-3,6-7,12,19H,4-5,8-9H2,1H3/t12-/m1/s1. The monoisotopic (exact) mass is 389 g/mol. The van der Waals surface area contributed by atoms with Crippen LogP contribution in [0.5, 0.6) is 0 Å². The molecule has 1 N–H and O–H groups in total. The highest BCUT2D eigenvalue weighted by Gasteiger charge is 2.28. The Balaban J connectivity index is 1.63. The Morgan fingerprint density at radius 1 is 1.38 bits per heavy atom. The van der Waals surface area contributed by atoms with Gasteiger partial charge in [0.15, 0.2) is 5.76 Å². The van der Waals surface area contributed by atoms with Crippen molar-refractivity contribution in [1.29, 1.82) is 0 Å². The summed E-state index contributed by atoms with van der Waals surface area (Å²) < 4.78 is 32.2. The Kier molecular flexibility index (Phi) is 5.05. The number of hydrogen-bond acceptors (Lipinski definition) is 5. The van der Waals surface area contributed by atoms with E-state index in [0.29, 0.717) is 34.5 Å². The molecule has 0 saturated carbocycles. The molecule has 0 amide bonds. The van der Waals surface area contributed by atoms with Crippen LogP contribution in [0.2, 0.25) is 10.0 Å². The Hall–Kier alpha value is -1.28. The van der Waals surface area contributed by atoms with E-state index in [1.165, 1.54) is 0 Å². The number of sulfonamides is 1. The molecule has 9 heteroatoms. The molecule has 0 aliphatic carbocycles. The summed E-state index contributed by atoms with van der Waals surface area (Å²) in [6.07, 6.45) is 0.702. The minimum absolute atomic E-state index is 0.175. The molecule has 6 nitrogen and oxygen atoms in total. The van der Waals surface area contributed by atoms with Gasteiger partial charge in [-0.25, -0.2) is 13.1 Å². The number of nitrogens with one attached hydrogen (secondary N) is 1. The van der Waals surface area contributed by atoms with Crippen LogP contribution < -0.4 is 9.62 Å². The maximum Gasteiger partial charge on any atom is 0.219 e. The topological polar surface area (TPSA) is 75.4 Å². The first-order chi connectivity index (χ1) is 11.3. The van der Waals surface area contributed by atoms with Gasteiger partial charge < -0.3 is 9.42 Å². The lowest BCUT2D eigenvalue weighted by Gasteiger charge is -2.20. The highest BCUT2D eigenvalue weighted by Crippen LogP contribution is 2.31. The highest BCUT2D eigenvalue weighted by atomic mass is 35.5. The van der Waals surface area contributed by atoms with E-state index in [1.807, 2.05) is 11.0 Å². The summed E-state index contributed by atoms with van der Waals surface area (Å²) in [5.74, 6) is 0.113. The van der Waals surface area contributed by atoms with Crippen molar-refractivity contribution in [3.63, 3.8) is 0 Å². The molecule has 0 radical (unpaired) electrons. The minimum atomic E-state index is -3.49. The first kappa shape index (κ1) is 17.5. The fraction of sp³-hybridized carbons (Fsp3) is 0.400. The molecule has 1 saturated heterocycles. The molecule has 130 valence electrons. The largest absolute Gasteiger partial charge is 0.369 e. The van der Waals surface area contributed by atoms with Crippen molar-refractivity contribution in [1.82, 2.24) is 9.88 Å². The van der Waals surface area contributed by atoms with Crippen molar-refractivity contribution in [2.75, 3.05) is 18.0 Å². The molecule has 2 heterocycles. The lowest BCUT2D eigenvalue weighted by atomic mass is 10.3. The Morgan fingerprint density at radius 2 is 2.17 bits per heavy atom. The maximum absolute atomic E-state index is 12.3. The molecule has 24 heavy (non-hydrogen) atoms. The number of aromatic nitrogens is 1. The number of nitrogens with zero attached hydrogens (tertiary/aromatic N) is 2. The van der Waals surface area contributed by atoms with Crippen molar-refractivity contribution >= 4 is 38.9 Å². The summed E-state index contributed by atoms with van der Waals surface area (Å²) in [5, 5.41) is 4.83. The van der Waals surface area contributed by atoms with E-state index in [-0.39, 0.29) is 11.8 Å². The number of halogens is 2. The highest BCUT2D eigenvalue weighted by molar-refractivity contribution is 7.88. The summed E-state index contributed by atoms with van der Waals surface area (Å²) >= 11 is 12.1. The second-order valence-electron chi connectivity index (χ2n) is 5.84. The summed E-state index contributed by atoms with van der Waals surface area (Å²) in [4.78, 5) is 2.05. The average molecular weight is 390 g/mol. The van der Waals surface area contributed by atoms with Crippen LogP contribution in [0, 0.1) is 6.92 Å². The molecule has 2 aromatic rings. The van der Waals surface area contributed by atoms with E-state index in [2.05, 4.69) is 9.88 Å². The van der Waals surface area contributed by atoms with E-state index in [0.717, 1.165) is 12.2 Å². The molecule has 0 spiro atoms. The Morgan fingerprint density at radius 3 is 2.83 bits per heavy atom. The molecule has 1 aliphatic heterocycles. The van der Waals surface area contributed by atoms with Crippen molar-refractivity contribution in [3.05, 3.63) is 45.8 Å². The van der Waals surface area contributed by atoms with E-state index in [4.69, 9.17) is 27.7 Å². The summed E-state index contributed by atoms with van der Waals surface area (Å²) in [6, 6.07) is 6.74. The predicted octanol–water partition coefficient (Wildman–Crippen LogP) is 2.99. The molecule has 1 aromatic heterocycles. The SMILES string of the molecule is Cc1cc(CS(=O)(=O)N[C@@H]2CCN(c3ccc(Cl)cc3Cl)C2)on1. The molecular weight excluding hydrogens is 373 g/mol. The molecule has 1 aromatic carbocycles. The third-order valence-corrected chi connectivity index (χ3v) is 5.69. The third-order valence-electron chi connectivity index (χ3n) is 3.79. The van der Waals surface area contributed by atoms with Crippen LogP contribution in [0.15, 0.2) is 28.8 Å². The summed E-state index contributed by atoms with van der Waals surface area (Å²) in [5.41, 5.74) is 1.51. The number of anilines is 1. The van der Waals surface area contributed by atoms with Crippen LogP contribution in [0.4, 0.5) is 5.69 Å². The Labute approximate surface area is 150 Å². The summed E-state index contributed by atoms with van der Waals surface area (Å²) in [7, 11) is -3.49. The third kappa shape index (κ3) is 4.22. The zero-order valence-electron chi connectivity index (χ0n) is 13.0. The van der Waals surface area contributed by atoms with Gasteiger partial charge in [-0.05, 0) is 31.5 Å². The minimum Gasteiger partial charge on any atom is -0.369 e. The normalized spacial score (nSPS) is 18.3. The van der Waals surface area contributed by atoms with Crippen LogP contribution in [0.3, 0.4) is 0 Å². The first-order valence-corrected chi connectivity index (χ1v) is 9.85. The number of benzene rings is 1. The van der Waals surface area contributed by atoms with E-state index >= 15 is 0 Å². The van der Waals surface area contributed by atoms with Gasteiger partial charge in [0, 0.05) is 30.2 Å².